The number of carbonyl (C=O) groups excluding carboxylic acids is 2. The molecule has 1 rings (SSSR count). The highest BCUT2D eigenvalue weighted by molar-refractivity contribution is 7.85. The first-order valence-corrected chi connectivity index (χ1v) is 28.5. The summed E-state index contributed by atoms with van der Waals surface area (Å²) < 4.78 is 44.2. The van der Waals surface area contributed by atoms with Crippen molar-refractivity contribution in [2.45, 2.75) is 276 Å². The van der Waals surface area contributed by atoms with Crippen molar-refractivity contribution in [3.05, 3.63) is 53.6 Å². The fourth-order valence-electron chi connectivity index (χ4n) is 8.35. The van der Waals surface area contributed by atoms with Crippen molar-refractivity contribution in [3.8, 4) is 0 Å². The number of hydrogen-bond acceptors (Lipinski definition) is 6. The first kappa shape index (κ1) is 59.6. The lowest BCUT2D eigenvalue weighted by Crippen LogP contribution is -2.16. The van der Waals surface area contributed by atoms with Crippen LogP contribution in [0.2, 0.25) is 0 Å². The van der Waals surface area contributed by atoms with Crippen molar-refractivity contribution in [1.29, 1.82) is 0 Å². The number of allylic oxidation sites excluding steroid dienone is 4. The highest BCUT2D eigenvalue weighted by Gasteiger charge is 2.23. The van der Waals surface area contributed by atoms with Gasteiger partial charge in [0, 0.05) is 0 Å². The maximum Gasteiger partial charge on any atom is 0.339 e. The van der Waals surface area contributed by atoms with E-state index in [9.17, 15) is 22.6 Å². The molecule has 0 atom stereocenters. The molecule has 1 aromatic rings. The van der Waals surface area contributed by atoms with E-state index in [2.05, 4.69) is 38.2 Å². The van der Waals surface area contributed by atoms with Gasteiger partial charge >= 0.3 is 11.9 Å². The van der Waals surface area contributed by atoms with Crippen LogP contribution in [0.25, 0.3) is 0 Å². The van der Waals surface area contributed by atoms with Crippen molar-refractivity contribution >= 4 is 22.1 Å². The molecule has 8 heteroatoms. The van der Waals surface area contributed by atoms with Gasteiger partial charge < -0.3 is 9.47 Å². The number of benzene rings is 1. The van der Waals surface area contributed by atoms with E-state index in [1.54, 1.807) is 0 Å². The molecule has 370 valence electrons. The number of ether oxygens (including phenoxy) is 2. The van der Waals surface area contributed by atoms with Gasteiger partial charge in [-0.3, -0.25) is 4.55 Å². The van der Waals surface area contributed by atoms with Crippen molar-refractivity contribution in [1.82, 2.24) is 0 Å². The Hall–Kier alpha value is -2.45. The van der Waals surface area contributed by atoms with Crippen molar-refractivity contribution in [2.75, 3.05) is 13.2 Å². The third-order valence-corrected chi connectivity index (χ3v) is 13.3. The summed E-state index contributed by atoms with van der Waals surface area (Å²) in [7, 11) is -4.57. The quantitative estimate of drug-likeness (QED) is 0.0300. The zero-order valence-corrected chi connectivity index (χ0v) is 42.4. The molecular formula is C56H98O7S. The molecule has 0 fully saturated rings. The number of esters is 2. The Balaban J connectivity index is 2.09. The summed E-state index contributed by atoms with van der Waals surface area (Å²) >= 11 is 0. The number of hydrogen-bond donors (Lipinski definition) is 1. The summed E-state index contributed by atoms with van der Waals surface area (Å²) in [5.41, 5.74) is -0.259. The zero-order chi connectivity index (χ0) is 46.4. The van der Waals surface area contributed by atoms with Gasteiger partial charge in [0.2, 0.25) is 0 Å². The highest BCUT2D eigenvalue weighted by Crippen LogP contribution is 2.21. The predicted molar refractivity (Wildman–Crippen MR) is 271 cm³/mol. The Morgan fingerprint density at radius 2 is 0.672 bits per heavy atom. The fourth-order valence-corrected chi connectivity index (χ4v) is 8.86. The molecule has 0 aromatic heterocycles. The Morgan fingerprint density at radius 3 is 0.969 bits per heavy atom. The number of unbranched alkanes of at least 4 members (excludes halogenated alkanes) is 36. The lowest BCUT2D eigenvalue weighted by molar-refractivity contribution is 0.0450. The molecule has 0 heterocycles. The summed E-state index contributed by atoms with van der Waals surface area (Å²) in [6, 6.07) is 3.33. The Morgan fingerprint density at radius 1 is 0.406 bits per heavy atom. The smallest absolute Gasteiger partial charge is 0.339 e. The third-order valence-electron chi connectivity index (χ3n) is 12.5. The summed E-state index contributed by atoms with van der Waals surface area (Å²) in [6.07, 6.45) is 59.6. The largest absolute Gasteiger partial charge is 0.462 e. The van der Waals surface area contributed by atoms with E-state index in [0.29, 0.717) is 6.42 Å². The van der Waals surface area contributed by atoms with E-state index in [1.807, 2.05) is 0 Å². The molecule has 0 amide bonds. The normalized spacial score (nSPS) is 11.9. The van der Waals surface area contributed by atoms with E-state index < -0.39 is 27.0 Å². The Labute approximate surface area is 394 Å². The minimum absolute atomic E-state index is 0.0541. The molecule has 64 heavy (non-hydrogen) atoms. The van der Waals surface area contributed by atoms with Gasteiger partial charge in [-0.25, -0.2) is 9.59 Å². The molecule has 1 N–H and O–H groups in total. The monoisotopic (exact) mass is 915 g/mol. The molecule has 0 spiro atoms. The molecule has 1 aromatic carbocycles. The van der Waals surface area contributed by atoms with E-state index in [4.69, 9.17) is 9.47 Å². The number of carbonyl (C=O) groups is 2. The average Bonchev–Trinajstić information content (AvgIpc) is 3.28. The first-order valence-electron chi connectivity index (χ1n) is 27.1. The molecular weight excluding hydrogens is 817 g/mol. The van der Waals surface area contributed by atoms with E-state index in [-0.39, 0.29) is 24.3 Å². The van der Waals surface area contributed by atoms with Crippen LogP contribution in [-0.4, -0.2) is 38.1 Å². The van der Waals surface area contributed by atoms with Crippen LogP contribution in [0.3, 0.4) is 0 Å². The minimum Gasteiger partial charge on any atom is -0.462 e. The molecule has 0 radical (unpaired) electrons. The predicted octanol–water partition coefficient (Wildman–Crippen LogP) is 18.0. The molecule has 0 aliphatic rings. The molecule has 0 saturated carbocycles. The molecule has 0 aliphatic carbocycles. The maximum absolute atomic E-state index is 13.0. The zero-order valence-electron chi connectivity index (χ0n) is 41.5. The van der Waals surface area contributed by atoms with Crippen LogP contribution in [0.1, 0.15) is 291 Å². The van der Waals surface area contributed by atoms with Crippen LogP contribution in [0.15, 0.2) is 47.4 Å². The molecule has 0 bridgehead atoms. The van der Waals surface area contributed by atoms with Crippen LogP contribution in [0.4, 0.5) is 0 Å². The van der Waals surface area contributed by atoms with Crippen molar-refractivity contribution < 1.29 is 32.0 Å². The van der Waals surface area contributed by atoms with Crippen molar-refractivity contribution in [3.63, 3.8) is 0 Å². The van der Waals surface area contributed by atoms with E-state index in [0.717, 1.165) is 50.7 Å². The van der Waals surface area contributed by atoms with Gasteiger partial charge in [0.25, 0.3) is 10.1 Å². The molecule has 7 nitrogen and oxygen atoms in total. The van der Waals surface area contributed by atoms with Crippen LogP contribution in [0.5, 0.6) is 0 Å². The van der Waals surface area contributed by atoms with Crippen LogP contribution < -0.4 is 0 Å². The summed E-state index contributed by atoms with van der Waals surface area (Å²) in [5, 5.41) is 0. The highest BCUT2D eigenvalue weighted by atomic mass is 32.2. The molecule has 0 saturated heterocycles. The summed E-state index contributed by atoms with van der Waals surface area (Å²) in [6.45, 7) is 4.86. The van der Waals surface area contributed by atoms with Crippen molar-refractivity contribution in [2.24, 2.45) is 0 Å². The Kier molecular flexibility index (Phi) is 41.3. The minimum atomic E-state index is -4.57. The standard InChI is InChI=1S/C56H98O7S/c1-3-5-7-9-11-13-15-17-19-21-23-25-27-29-31-33-35-37-39-41-43-45-49-62-55(57)53-48-47-52(64(59,60)61)51-54(53)56(58)63-50-46-44-42-40-38-36-34-32-30-28-26-24-22-20-18-16-14-12-10-8-6-4-2/h7-10,47-48,51H,3-6,11-46,49-50H2,1-2H3,(H,59,60,61)/b9-7+,10-8+. The van der Waals surface area contributed by atoms with E-state index >= 15 is 0 Å². The Bertz CT molecular complexity index is 1400. The van der Waals surface area contributed by atoms with Gasteiger partial charge in [-0.05, 0) is 69.6 Å². The van der Waals surface area contributed by atoms with Crippen LogP contribution in [0, 0.1) is 0 Å². The summed E-state index contributed by atoms with van der Waals surface area (Å²) in [5.74, 6) is -1.49. The second-order valence-corrected chi connectivity index (χ2v) is 20.0. The van der Waals surface area contributed by atoms with Gasteiger partial charge in [0.05, 0.1) is 29.2 Å². The molecule has 0 aliphatic heterocycles. The lowest BCUT2D eigenvalue weighted by atomic mass is 10.0. The van der Waals surface area contributed by atoms with Gasteiger partial charge in [-0.2, -0.15) is 8.42 Å². The lowest BCUT2D eigenvalue weighted by Gasteiger charge is -2.11. The van der Waals surface area contributed by atoms with Gasteiger partial charge in [0.1, 0.15) is 0 Å². The van der Waals surface area contributed by atoms with Crippen LogP contribution in [-0.2, 0) is 19.6 Å². The first-order chi connectivity index (χ1) is 31.3. The van der Waals surface area contributed by atoms with E-state index in [1.165, 1.54) is 218 Å². The number of rotatable bonds is 47. The fraction of sp³-hybridized carbons (Fsp3) is 0.786. The van der Waals surface area contributed by atoms with Gasteiger partial charge in [-0.15, -0.1) is 0 Å². The van der Waals surface area contributed by atoms with Crippen LogP contribution >= 0.6 is 0 Å². The molecule has 0 unspecified atom stereocenters. The summed E-state index contributed by atoms with van der Waals surface area (Å²) in [4.78, 5) is 25.6. The maximum atomic E-state index is 13.0. The average molecular weight is 915 g/mol. The van der Waals surface area contributed by atoms with Gasteiger partial charge in [-0.1, -0.05) is 244 Å². The van der Waals surface area contributed by atoms with Gasteiger partial charge in [0.15, 0.2) is 0 Å². The topological polar surface area (TPSA) is 107 Å². The third kappa shape index (κ3) is 36.7. The SMILES string of the molecule is CCC/C=C/CCCCCCCCCCCCCCCCCCCOC(=O)c1ccc(S(=O)(=O)O)cc1C(=O)OCCCCCCCCCCCCCCCCCCC/C=C/CCC. The second kappa shape index (κ2) is 44.4. The second-order valence-electron chi connectivity index (χ2n) is 18.6.